The highest BCUT2D eigenvalue weighted by molar-refractivity contribution is 4.68. The number of aliphatic hydroxyl groups excluding tert-OH is 1. The molecule has 0 bridgehead atoms. The molecular formula is C10H22O. The monoisotopic (exact) mass is 158 g/mol. The van der Waals surface area contributed by atoms with Crippen molar-refractivity contribution in [1.29, 1.82) is 0 Å². The molecule has 0 fully saturated rings. The molecule has 0 saturated carbocycles. The van der Waals surface area contributed by atoms with Crippen molar-refractivity contribution in [3.63, 3.8) is 0 Å². The minimum Gasteiger partial charge on any atom is -0.393 e. The van der Waals surface area contributed by atoms with Gasteiger partial charge in [-0.25, -0.2) is 0 Å². The lowest BCUT2D eigenvalue weighted by molar-refractivity contribution is 0.0628. The van der Waals surface area contributed by atoms with E-state index in [4.69, 9.17) is 0 Å². The van der Waals surface area contributed by atoms with E-state index in [1.54, 1.807) is 0 Å². The first-order chi connectivity index (χ1) is 4.95. The molecule has 0 rings (SSSR count). The second kappa shape index (κ2) is 4.76. The van der Waals surface area contributed by atoms with Gasteiger partial charge < -0.3 is 5.11 Å². The van der Waals surface area contributed by atoms with Crippen LogP contribution in [0.4, 0.5) is 0 Å². The molecule has 0 aliphatic heterocycles. The van der Waals surface area contributed by atoms with E-state index in [1.165, 1.54) is 0 Å². The molecule has 1 N–H and O–H groups in total. The van der Waals surface area contributed by atoms with Gasteiger partial charge in [-0.15, -0.1) is 0 Å². The van der Waals surface area contributed by atoms with Crippen molar-refractivity contribution >= 4 is 0 Å². The third-order valence-corrected chi connectivity index (χ3v) is 2.11. The van der Waals surface area contributed by atoms with Crippen LogP contribution in [-0.4, -0.2) is 11.2 Å². The summed E-state index contributed by atoms with van der Waals surface area (Å²) in [5.41, 5.74) is 0. The maximum absolute atomic E-state index is 9.64. The van der Waals surface area contributed by atoms with Crippen LogP contribution < -0.4 is 0 Å². The van der Waals surface area contributed by atoms with Crippen LogP contribution in [0.1, 0.15) is 41.0 Å². The molecule has 0 aliphatic carbocycles. The zero-order valence-corrected chi connectivity index (χ0v) is 8.46. The second-order valence-corrected chi connectivity index (χ2v) is 4.34. The smallest absolute Gasteiger partial charge is 0.0588 e. The normalized spacial score (nSPS) is 17.5. The fourth-order valence-corrected chi connectivity index (χ4v) is 1.54. The summed E-state index contributed by atoms with van der Waals surface area (Å²) in [4.78, 5) is 0. The van der Waals surface area contributed by atoms with E-state index in [0.717, 1.165) is 6.42 Å². The Labute approximate surface area is 70.8 Å². The molecule has 0 spiro atoms. The minimum atomic E-state index is -0.127. The largest absolute Gasteiger partial charge is 0.393 e. The molecule has 2 atom stereocenters. The first-order valence-corrected chi connectivity index (χ1v) is 4.63. The average Bonchev–Trinajstić information content (AvgIpc) is 1.84. The molecule has 0 heterocycles. The zero-order chi connectivity index (χ0) is 9.02. The van der Waals surface area contributed by atoms with E-state index >= 15 is 0 Å². The van der Waals surface area contributed by atoms with E-state index in [0.29, 0.717) is 17.8 Å². The average molecular weight is 158 g/mol. The van der Waals surface area contributed by atoms with Gasteiger partial charge in [-0.05, 0) is 24.2 Å². The molecule has 0 aromatic carbocycles. The highest BCUT2D eigenvalue weighted by Crippen LogP contribution is 2.19. The van der Waals surface area contributed by atoms with Gasteiger partial charge in [-0.2, -0.15) is 0 Å². The summed E-state index contributed by atoms with van der Waals surface area (Å²) in [6, 6.07) is 0. The van der Waals surface area contributed by atoms with Crippen LogP contribution in [0.2, 0.25) is 0 Å². The van der Waals surface area contributed by atoms with Crippen LogP contribution in [-0.2, 0) is 0 Å². The van der Waals surface area contributed by atoms with E-state index < -0.39 is 0 Å². The van der Waals surface area contributed by atoms with Crippen LogP contribution in [0.15, 0.2) is 0 Å². The quantitative estimate of drug-likeness (QED) is 0.667. The van der Waals surface area contributed by atoms with Crippen LogP contribution in [0.3, 0.4) is 0 Å². The number of rotatable bonds is 4. The Morgan fingerprint density at radius 1 is 1.00 bits per heavy atom. The van der Waals surface area contributed by atoms with Gasteiger partial charge >= 0.3 is 0 Å². The third kappa shape index (κ3) is 4.41. The van der Waals surface area contributed by atoms with Gasteiger partial charge in [0.1, 0.15) is 0 Å². The zero-order valence-electron chi connectivity index (χ0n) is 8.46. The molecule has 0 aromatic rings. The van der Waals surface area contributed by atoms with Gasteiger partial charge in [0.15, 0.2) is 0 Å². The van der Waals surface area contributed by atoms with Crippen molar-refractivity contribution in [2.45, 2.75) is 47.1 Å². The molecule has 0 aliphatic rings. The molecule has 1 heteroatoms. The van der Waals surface area contributed by atoms with E-state index in [9.17, 15) is 5.11 Å². The lowest BCUT2D eigenvalue weighted by Crippen LogP contribution is -2.24. The first-order valence-electron chi connectivity index (χ1n) is 4.63. The fourth-order valence-electron chi connectivity index (χ4n) is 1.54. The standard InChI is InChI=1S/C10H22O/c1-7(2)6-9(5)10(11)8(3)4/h7-11H,6H2,1-5H3/t9-,10?/m0/s1. The third-order valence-electron chi connectivity index (χ3n) is 2.11. The number of hydrogen-bond acceptors (Lipinski definition) is 1. The van der Waals surface area contributed by atoms with Crippen molar-refractivity contribution in [3.8, 4) is 0 Å². The Morgan fingerprint density at radius 3 is 1.73 bits per heavy atom. The van der Waals surface area contributed by atoms with Crippen molar-refractivity contribution in [3.05, 3.63) is 0 Å². The lowest BCUT2D eigenvalue weighted by atomic mass is 9.88. The molecule has 11 heavy (non-hydrogen) atoms. The summed E-state index contributed by atoms with van der Waals surface area (Å²) in [5.74, 6) is 1.53. The maximum Gasteiger partial charge on any atom is 0.0588 e. The van der Waals surface area contributed by atoms with E-state index in [2.05, 4.69) is 34.6 Å². The van der Waals surface area contributed by atoms with Crippen molar-refractivity contribution < 1.29 is 5.11 Å². The van der Waals surface area contributed by atoms with Gasteiger partial charge in [0.25, 0.3) is 0 Å². The summed E-state index contributed by atoms with van der Waals surface area (Å²) >= 11 is 0. The van der Waals surface area contributed by atoms with Crippen LogP contribution in [0, 0.1) is 17.8 Å². The lowest BCUT2D eigenvalue weighted by Gasteiger charge is -2.23. The Hall–Kier alpha value is -0.0400. The highest BCUT2D eigenvalue weighted by Gasteiger charge is 2.18. The van der Waals surface area contributed by atoms with Gasteiger partial charge in [-0.3, -0.25) is 0 Å². The van der Waals surface area contributed by atoms with Gasteiger partial charge in [0.05, 0.1) is 6.10 Å². The SMILES string of the molecule is CC(C)C[C@H](C)C(O)C(C)C. The van der Waals surface area contributed by atoms with Crippen molar-refractivity contribution in [2.24, 2.45) is 17.8 Å². The predicted octanol–water partition coefficient (Wildman–Crippen LogP) is 2.69. The predicted molar refractivity (Wildman–Crippen MR) is 49.5 cm³/mol. The molecule has 1 unspecified atom stereocenters. The summed E-state index contributed by atoms with van der Waals surface area (Å²) in [5, 5.41) is 9.64. The second-order valence-electron chi connectivity index (χ2n) is 4.34. The highest BCUT2D eigenvalue weighted by atomic mass is 16.3. The van der Waals surface area contributed by atoms with Crippen molar-refractivity contribution in [1.82, 2.24) is 0 Å². The Bertz CT molecular complexity index is 97.0. The molecule has 0 saturated heterocycles. The maximum atomic E-state index is 9.64. The van der Waals surface area contributed by atoms with Gasteiger partial charge in [-0.1, -0.05) is 34.6 Å². The van der Waals surface area contributed by atoms with Crippen molar-refractivity contribution in [2.75, 3.05) is 0 Å². The summed E-state index contributed by atoms with van der Waals surface area (Å²) < 4.78 is 0. The Morgan fingerprint density at radius 2 is 1.45 bits per heavy atom. The molecule has 0 amide bonds. The minimum absolute atomic E-state index is 0.127. The van der Waals surface area contributed by atoms with Crippen LogP contribution in [0.25, 0.3) is 0 Å². The Balaban J connectivity index is 3.73. The molecule has 0 radical (unpaired) electrons. The first kappa shape index (κ1) is 11.0. The number of hydrogen-bond donors (Lipinski definition) is 1. The summed E-state index contributed by atoms with van der Waals surface area (Å²) in [7, 11) is 0. The topological polar surface area (TPSA) is 20.2 Å². The van der Waals surface area contributed by atoms with Gasteiger partial charge in [0.2, 0.25) is 0 Å². The Kier molecular flexibility index (Phi) is 4.74. The van der Waals surface area contributed by atoms with Crippen LogP contribution in [0.5, 0.6) is 0 Å². The summed E-state index contributed by atoms with van der Waals surface area (Å²) in [6.07, 6.45) is 0.997. The summed E-state index contributed by atoms with van der Waals surface area (Å²) in [6.45, 7) is 10.7. The molecule has 1 nitrogen and oxygen atoms in total. The molecule has 0 aromatic heterocycles. The van der Waals surface area contributed by atoms with Crippen LogP contribution >= 0.6 is 0 Å². The molecular weight excluding hydrogens is 136 g/mol. The number of aliphatic hydroxyl groups is 1. The molecule has 68 valence electrons. The fraction of sp³-hybridized carbons (Fsp3) is 1.00. The van der Waals surface area contributed by atoms with E-state index in [1.807, 2.05) is 0 Å². The van der Waals surface area contributed by atoms with Gasteiger partial charge in [0, 0.05) is 0 Å². The van der Waals surface area contributed by atoms with E-state index in [-0.39, 0.29) is 6.10 Å².